The van der Waals surface area contributed by atoms with Gasteiger partial charge >= 0.3 is 12.0 Å². The number of anilines is 1. The van der Waals surface area contributed by atoms with Crippen molar-refractivity contribution < 1.29 is 19.1 Å². The summed E-state index contributed by atoms with van der Waals surface area (Å²) in [4.78, 5) is 48.1. The van der Waals surface area contributed by atoms with Gasteiger partial charge in [-0.1, -0.05) is 17.7 Å². The number of ether oxygens (including phenoxy) is 1. The first-order chi connectivity index (χ1) is 13.7. The van der Waals surface area contributed by atoms with E-state index in [1.54, 1.807) is 11.9 Å². The van der Waals surface area contributed by atoms with E-state index in [1.807, 2.05) is 43.1 Å². The van der Waals surface area contributed by atoms with E-state index in [0.29, 0.717) is 11.0 Å². The van der Waals surface area contributed by atoms with Crippen LogP contribution < -0.4 is 4.90 Å². The number of carbonyl (C=O) groups excluding carboxylic acids is 3. The lowest BCUT2D eigenvalue weighted by molar-refractivity contribution is -0.148. The summed E-state index contributed by atoms with van der Waals surface area (Å²) in [5.41, 5.74) is 2.70. The number of methoxy groups -OCH3 is 1. The Morgan fingerprint density at radius 2 is 2.00 bits per heavy atom. The molecule has 1 saturated heterocycles. The number of allylic oxidation sites excluding steroid dienone is 1. The van der Waals surface area contributed by atoms with Crippen LogP contribution in [-0.4, -0.2) is 71.5 Å². The van der Waals surface area contributed by atoms with Crippen LogP contribution in [0, 0.1) is 6.92 Å². The van der Waals surface area contributed by atoms with Crippen LogP contribution in [0.1, 0.15) is 12.5 Å². The molecule has 0 aromatic heterocycles. The number of urea groups is 1. The average Bonchev–Trinajstić information content (AvgIpc) is 3.20. The zero-order valence-corrected chi connectivity index (χ0v) is 17.2. The molecule has 3 aliphatic rings. The molecule has 10 heteroatoms. The fourth-order valence-electron chi connectivity index (χ4n) is 3.81. The first kappa shape index (κ1) is 19.3. The number of aliphatic imine (C=N–C) groups is 1. The van der Waals surface area contributed by atoms with Gasteiger partial charge in [-0.15, -0.1) is 0 Å². The molecule has 29 heavy (non-hydrogen) atoms. The number of rotatable bonds is 3. The lowest BCUT2D eigenvalue weighted by Crippen LogP contribution is -2.65. The molecule has 0 saturated carbocycles. The minimum atomic E-state index is -0.753. The second-order valence-corrected chi connectivity index (χ2v) is 7.56. The molecular formula is C19H20ClN5O4. The van der Waals surface area contributed by atoms with Gasteiger partial charge in [-0.3, -0.25) is 19.4 Å². The van der Waals surface area contributed by atoms with Gasteiger partial charge in [-0.2, -0.15) is 0 Å². The van der Waals surface area contributed by atoms with Crippen molar-refractivity contribution in [3.05, 3.63) is 40.7 Å². The summed E-state index contributed by atoms with van der Waals surface area (Å²) in [6, 6.07) is 4.22. The molecule has 3 amide bonds. The fourth-order valence-corrected chi connectivity index (χ4v) is 3.98. The number of nitrogens with zero attached hydrogens (tertiary/aromatic N) is 5. The first-order valence-corrected chi connectivity index (χ1v) is 9.38. The summed E-state index contributed by atoms with van der Waals surface area (Å²) < 4.78 is 4.62. The number of carbonyl (C=O) groups is 3. The number of halogens is 1. The van der Waals surface area contributed by atoms with Crippen LogP contribution in [0.3, 0.4) is 0 Å². The molecule has 0 spiro atoms. The molecule has 152 valence electrons. The Morgan fingerprint density at radius 3 is 2.69 bits per heavy atom. The third kappa shape index (κ3) is 2.84. The highest BCUT2D eigenvalue weighted by Gasteiger charge is 2.54. The molecule has 0 aliphatic carbocycles. The van der Waals surface area contributed by atoms with Crippen LogP contribution in [0.25, 0.3) is 0 Å². The van der Waals surface area contributed by atoms with E-state index in [1.165, 1.54) is 12.0 Å². The summed E-state index contributed by atoms with van der Waals surface area (Å²) in [7, 11) is 2.77. The lowest BCUT2D eigenvalue weighted by atomic mass is 10.1. The Labute approximate surface area is 172 Å². The number of fused-ring (bicyclic) bond motifs is 3. The summed E-state index contributed by atoms with van der Waals surface area (Å²) in [5.74, 6) is -0.617. The zero-order chi connectivity index (χ0) is 21.0. The fraction of sp³-hybridized carbons (Fsp3) is 0.368. The van der Waals surface area contributed by atoms with Crippen LogP contribution in [0.15, 0.2) is 35.1 Å². The molecule has 4 rings (SSSR count). The lowest BCUT2D eigenvalue weighted by Gasteiger charge is -2.39. The molecule has 3 heterocycles. The normalized spacial score (nSPS) is 23.2. The van der Waals surface area contributed by atoms with Gasteiger partial charge < -0.3 is 14.5 Å². The van der Waals surface area contributed by atoms with E-state index in [4.69, 9.17) is 11.6 Å². The quantitative estimate of drug-likeness (QED) is 0.697. The number of hydrogen-bond acceptors (Lipinski definition) is 7. The molecule has 1 fully saturated rings. The van der Waals surface area contributed by atoms with Crippen molar-refractivity contribution in [2.45, 2.75) is 26.1 Å². The van der Waals surface area contributed by atoms with Crippen molar-refractivity contribution in [3.8, 4) is 0 Å². The maximum absolute atomic E-state index is 13.1. The molecule has 0 N–H and O–H groups in total. The van der Waals surface area contributed by atoms with E-state index in [2.05, 4.69) is 9.73 Å². The largest absolute Gasteiger partial charge is 0.468 e. The number of guanidine groups is 1. The Morgan fingerprint density at radius 1 is 1.28 bits per heavy atom. The highest BCUT2D eigenvalue weighted by molar-refractivity contribution is 6.31. The van der Waals surface area contributed by atoms with Crippen LogP contribution in [0.4, 0.5) is 10.5 Å². The minimum Gasteiger partial charge on any atom is -0.468 e. The number of hydrogen-bond donors (Lipinski definition) is 0. The Hall–Kier alpha value is -3.07. The Bertz CT molecular complexity index is 991. The molecule has 0 radical (unpaired) electrons. The van der Waals surface area contributed by atoms with Gasteiger partial charge in [-0.05, 0) is 31.5 Å². The number of esters is 1. The smallest absolute Gasteiger partial charge is 0.328 e. The molecule has 2 unspecified atom stereocenters. The summed E-state index contributed by atoms with van der Waals surface area (Å²) in [6.45, 7) is 3.43. The Balaban J connectivity index is 1.72. The van der Waals surface area contributed by atoms with Crippen LogP contribution in [0.5, 0.6) is 0 Å². The molecule has 1 aromatic carbocycles. The van der Waals surface area contributed by atoms with E-state index < -0.39 is 36.7 Å². The van der Waals surface area contributed by atoms with E-state index in [0.717, 1.165) is 21.8 Å². The Kier molecular flexibility index (Phi) is 4.49. The minimum absolute atomic E-state index is 0.440. The van der Waals surface area contributed by atoms with Gasteiger partial charge in [0.1, 0.15) is 6.54 Å². The summed E-state index contributed by atoms with van der Waals surface area (Å²) in [5, 5.41) is 0.584. The predicted octanol–water partition coefficient (Wildman–Crippen LogP) is 1.76. The highest BCUT2D eigenvalue weighted by atomic mass is 35.5. The van der Waals surface area contributed by atoms with E-state index in [9.17, 15) is 14.4 Å². The summed E-state index contributed by atoms with van der Waals surface area (Å²) in [6.07, 6.45) is 1.13. The number of amides is 3. The first-order valence-electron chi connectivity index (χ1n) is 9.00. The second-order valence-electron chi connectivity index (χ2n) is 7.13. The van der Waals surface area contributed by atoms with Crippen molar-refractivity contribution in [3.63, 3.8) is 0 Å². The molecule has 0 bridgehead atoms. The van der Waals surface area contributed by atoms with Gasteiger partial charge in [0.25, 0.3) is 5.91 Å². The van der Waals surface area contributed by atoms with Crippen molar-refractivity contribution in [2.75, 3.05) is 25.6 Å². The second kappa shape index (κ2) is 6.77. The molecule has 9 nitrogen and oxygen atoms in total. The molecule has 2 atom stereocenters. The standard InChI is InChI=1S/C19H20ClN5O4/c1-10-5-6-12(20)7-13(10)25-11(2)8-23-15-16(21-18(23)25)22(3)19(28)24(17(15)27)9-14(26)29-4/h5-8,15-16H,9H2,1-4H3. The third-order valence-electron chi connectivity index (χ3n) is 5.31. The predicted molar refractivity (Wildman–Crippen MR) is 106 cm³/mol. The number of likely N-dealkylation sites (N-methyl/N-ethyl adjacent to an activating group) is 1. The third-order valence-corrected chi connectivity index (χ3v) is 5.55. The van der Waals surface area contributed by atoms with Gasteiger partial charge in [0.15, 0.2) is 12.2 Å². The number of aryl methyl sites for hydroxylation is 1. The van der Waals surface area contributed by atoms with Gasteiger partial charge in [0.05, 0.1) is 12.8 Å². The monoisotopic (exact) mass is 417 g/mol. The van der Waals surface area contributed by atoms with Gasteiger partial charge in [0, 0.05) is 24.0 Å². The van der Waals surface area contributed by atoms with Crippen molar-refractivity contribution in [1.82, 2.24) is 14.7 Å². The number of benzene rings is 1. The zero-order valence-electron chi connectivity index (χ0n) is 16.4. The van der Waals surface area contributed by atoms with Crippen molar-refractivity contribution in [2.24, 2.45) is 4.99 Å². The van der Waals surface area contributed by atoms with E-state index >= 15 is 0 Å². The highest BCUT2D eigenvalue weighted by Crippen LogP contribution is 2.38. The average molecular weight is 418 g/mol. The van der Waals surface area contributed by atoms with E-state index in [-0.39, 0.29) is 0 Å². The van der Waals surface area contributed by atoms with Crippen molar-refractivity contribution in [1.29, 1.82) is 0 Å². The van der Waals surface area contributed by atoms with Gasteiger partial charge in [0.2, 0.25) is 5.96 Å². The molecule has 1 aromatic rings. The molecule has 3 aliphatic heterocycles. The van der Waals surface area contributed by atoms with Crippen molar-refractivity contribution >= 4 is 41.2 Å². The van der Waals surface area contributed by atoms with Gasteiger partial charge in [-0.25, -0.2) is 9.79 Å². The van der Waals surface area contributed by atoms with Crippen LogP contribution in [-0.2, 0) is 14.3 Å². The molecular weight excluding hydrogens is 398 g/mol. The SMILES string of the molecule is COC(=O)CN1C(=O)C2C(N=C3N(c4cc(Cl)ccc4C)C(C)=CN32)N(C)C1=O. The maximum atomic E-state index is 13.1. The van der Waals surface area contributed by atoms with Crippen LogP contribution in [0.2, 0.25) is 5.02 Å². The summed E-state index contributed by atoms with van der Waals surface area (Å²) >= 11 is 6.20. The van der Waals surface area contributed by atoms with Crippen LogP contribution >= 0.6 is 11.6 Å². The number of imide groups is 1. The maximum Gasteiger partial charge on any atom is 0.328 e. The topological polar surface area (TPSA) is 85.8 Å².